The first kappa shape index (κ1) is 35.4. The topological polar surface area (TPSA) is 170 Å². The van der Waals surface area contributed by atoms with E-state index in [0.29, 0.717) is 37.7 Å². The van der Waals surface area contributed by atoms with Crippen molar-refractivity contribution in [3.63, 3.8) is 0 Å². The molecule has 3 aliphatic heterocycles. The van der Waals surface area contributed by atoms with Gasteiger partial charge in [0.05, 0.1) is 43.3 Å². The van der Waals surface area contributed by atoms with E-state index in [0.717, 1.165) is 0 Å². The molecule has 1 aliphatic carbocycles. The average Bonchev–Trinajstić information content (AvgIpc) is 3.72. The first-order chi connectivity index (χ1) is 24.3. The first-order valence-corrected chi connectivity index (χ1v) is 16.5. The molecule has 3 saturated heterocycles. The maximum atomic E-state index is 13.1. The van der Waals surface area contributed by atoms with Crippen molar-refractivity contribution < 1.29 is 72.2 Å². The van der Waals surface area contributed by atoms with Crippen LogP contribution in [0.1, 0.15) is 66.2 Å². The number of hydrogen-bond donors (Lipinski definition) is 0. The maximum absolute atomic E-state index is 13.1. The molecule has 0 radical (unpaired) electrons. The molecule has 1 saturated carbocycles. The lowest BCUT2D eigenvalue weighted by Crippen LogP contribution is -2.59. The van der Waals surface area contributed by atoms with Crippen molar-refractivity contribution in [1.82, 2.24) is 0 Å². The van der Waals surface area contributed by atoms with Crippen LogP contribution in [-0.4, -0.2) is 80.0 Å². The number of benzene rings is 2. The Morgan fingerprint density at radius 3 is 2.20 bits per heavy atom. The van der Waals surface area contributed by atoms with Crippen molar-refractivity contribution in [1.29, 1.82) is 0 Å². The van der Waals surface area contributed by atoms with Gasteiger partial charge in [0.2, 0.25) is 0 Å². The van der Waals surface area contributed by atoms with Gasteiger partial charge in [0.25, 0.3) is 6.29 Å². The smallest absolute Gasteiger partial charge is 0.343 e. The number of fused-ring (bicyclic) bond motifs is 1. The number of ether oxygens (including phenoxy) is 5. The standard InChI is InChI=1S/C35H38O15/c1-2-18-42-43-19-6-9-28(36)47-48-34-35(50-49-34)16-14-24(15-17-35)33(39)46-27-21-41-29-26(20-40-30(27)29)45-32(38)23-10-12-25(13-11-23)44-31(37)22-7-4-3-5-8-22/h2-5,7-8,10-13,18,24,26-27,29-30,34H,6,9,14-17,19-21H2,1H3/b18-2-/t24?,26-,27+,29+,30+,34?,35?/m0/s1. The molecular formula is C35H38O15. The van der Waals surface area contributed by atoms with E-state index < -0.39 is 66.1 Å². The Morgan fingerprint density at radius 2 is 1.54 bits per heavy atom. The van der Waals surface area contributed by atoms with Crippen molar-refractivity contribution in [2.45, 2.75) is 81.8 Å². The van der Waals surface area contributed by atoms with Crippen LogP contribution in [0.4, 0.5) is 0 Å². The molecule has 5 atom stereocenters. The number of hydrogen-bond acceptors (Lipinski definition) is 15. The molecule has 6 rings (SSSR count). The van der Waals surface area contributed by atoms with E-state index in [-0.39, 0.29) is 37.6 Å². The second-order valence-electron chi connectivity index (χ2n) is 12.2. The van der Waals surface area contributed by atoms with Crippen LogP contribution in [0.2, 0.25) is 0 Å². The van der Waals surface area contributed by atoms with Gasteiger partial charge in [0.15, 0.2) is 17.8 Å². The zero-order valence-corrected chi connectivity index (χ0v) is 27.3. The third kappa shape index (κ3) is 8.49. The lowest BCUT2D eigenvalue weighted by Gasteiger charge is -2.47. The molecule has 15 heteroatoms. The Morgan fingerprint density at radius 1 is 0.860 bits per heavy atom. The highest BCUT2D eigenvalue weighted by molar-refractivity contribution is 5.92. The third-order valence-corrected chi connectivity index (χ3v) is 8.79. The fourth-order valence-electron chi connectivity index (χ4n) is 6.03. The van der Waals surface area contributed by atoms with Crippen LogP contribution in [-0.2, 0) is 57.9 Å². The van der Waals surface area contributed by atoms with E-state index in [2.05, 4.69) is 0 Å². The fourth-order valence-corrected chi connectivity index (χ4v) is 6.03. The maximum Gasteiger partial charge on any atom is 0.343 e. The molecule has 50 heavy (non-hydrogen) atoms. The van der Waals surface area contributed by atoms with Gasteiger partial charge >= 0.3 is 23.9 Å². The molecular weight excluding hydrogens is 660 g/mol. The third-order valence-electron chi connectivity index (χ3n) is 8.79. The highest BCUT2D eigenvalue weighted by atomic mass is 17.3. The summed E-state index contributed by atoms with van der Waals surface area (Å²) in [4.78, 5) is 80.3. The van der Waals surface area contributed by atoms with E-state index in [1.807, 2.05) is 0 Å². The van der Waals surface area contributed by atoms with Crippen molar-refractivity contribution in [3.05, 3.63) is 78.1 Å². The van der Waals surface area contributed by atoms with Crippen LogP contribution in [0.5, 0.6) is 5.75 Å². The Bertz CT molecular complexity index is 1500. The molecule has 0 amide bonds. The number of carbonyl (C=O) groups excluding carboxylic acids is 4. The Balaban J connectivity index is 0.899. The summed E-state index contributed by atoms with van der Waals surface area (Å²) >= 11 is 0. The van der Waals surface area contributed by atoms with Crippen LogP contribution < -0.4 is 4.74 Å². The molecule has 2 aromatic carbocycles. The van der Waals surface area contributed by atoms with Gasteiger partial charge in [-0.05, 0) is 81.5 Å². The van der Waals surface area contributed by atoms with Crippen molar-refractivity contribution in [2.24, 2.45) is 5.92 Å². The van der Waals surface area contributed by atoms with Crippen LogP contribution in [0.15, 0.2) is 66.9 Å². The average molecular weight is 699 g/mol. The minimum absolute atomic E-state index is 0.0525. The molecule has 2 aromatic rings. The van der Waals surface area contributed by atoms with Crippen molar-refractivity contribution in [2.75, 3.05) is 19.8 Å². The molecule has 3 heterocycles. The van der Waals surface area contributed by atoms with Gasteiger partial charge in [0, 0.05) is 0 Å². The normalized spacial score (nSPS) is 28.4. The summed E-state index contributed by atoms with van der Waals surface area (Å²) < 4.78 is 28.5. The van der Waals surface area contributed by atoms with E-state index in [1.54, 1.807) is 43.3 Å². The fraction of sp³-hybridized carbons (Fsp3) is 0.486. The summed E-state index contributed by atoms with van der Waals surface area (Å²) in [5.41, 5.74) is -0.169. The van der Waals surface area contributed by atoms with E-state index in [1.165, 1.54) is 30.5 Å². The summed E-state index contributed by atoms with van der Waals surface area (Å²) in [5.74, 6) is -2.22. The zero-order valence-electron chi connectivity index (χ0n) is 27.3. The molecule has 268 valence electrons. The zero-order chi connectivity index (χ0) is 34.9. The predicted octanol–water partition coefficient (Wildman–Crippen LogP) is 4.09. The Hall–Kier alpha value is -4.38. The predicted molar refractivity (Wildman–Crippen MR) is 165 cm³/mol. The van der Waals surface area contributed by atoms with Gasteiger partial charge in [-0.15, -0.1) is 4.89 Å². The first-order valence-electron chi connectivity index (χ1n) is 16.5. The van der Waals surface area contributed by atoms with Crippen molar-refractivity contribution >= 4 is 23.9 Å². The van der Waals surface area contributed by atoms with E-state index >= 15 is 0 Å². The summed E-state index contributed by atoms with van der Waals surface area (Å²) in [7, 11) is 0. The quantitative estimate of drug-likeness (QED) is 0.0690. The minimum Gasteiger partial charge on any atom is -0.457 e. The summed E-state index contributed by atoms with van der Waals surface area (Å²) in [6.07, 6.45) is 1.71. The molecule has 4 aliphatic rings. The summed E-state index contributed by atoms with van der Waals surface area (Å²) in [5, 5.41) is 0. The van der Waals surface area contributed by atoms with Crippen LogP contribution in [0.3, 0.4) is 0 Å². The number of allylic oxidation sites excluding steroid dienone is 1. The van der Waals surface area contributed by atoms with E-state index in [9.17, 15) is 19.2 Å². The minimum atomic E-state index is -0.914. The number of esters is 3. The largest absolute Gasteiger partial charge is 0.457 e. The summed E-state index contributed by atoms with van der Waals surface area (Å²) in [6.45, 7) is 2.15. The number of rotatable bonds is 14. The SMILES string of the molecule is C/C=C\OOCCCC(=O)OOC1OOC12CCC(C(=O)O[C@@H]1CO[C@H]3[C@@H]1OC[C@@H]3OC(=O)c1ccc(OC(=O)c3ccccc3)cc1)CC2. The molecule has 15 nitrogen and oxygen atoms in total. The molecule has 1 spiro atoms. The van der Waals surface area contributed by atoms with Gasteiger partial charge in [-0.3, -0.25) is 9.68 Å². The van der Waals surface area contributed by atoms with Gasteiger partial charge < -0.3 is 28.6 Å². The van der Waals surface area contributed by atoms with E-state index in [4.69, 9.17) is 53.0 Å². The van der Waals surface area contributed by atoms with Crippen molar-refractivity contribution in [3.8, 4) is 5.75 Å². The molecule has 0 aromatic heterocycles. The molecule has 0 N–H and O–H groups in total. The van der Waals surface area contributed by atoms with Crippen LogP contribution >= 0.6 is 0 Å². The molecule has 1 unspecified atom stereocenters. The van der Waals surface area contributed by atoms with Crippen LogP contribution in [0, 0.1) is 5.92 Å². The Kier molecular flexibility index (Phi) is 11.7. The lowest BCUT2D eigenvalue weighted by molar-refractivity contribution is -0.601. The monoisotopic (exact) mass is 698 g/mol. The second kappa shape index (κ2) is 16.6. The Labute approximate surface area is 287 Å². The van der Waals surface area contributed by atoms with Gasteiger partial charge in [0.1, 0.15) is 24.2 Å². The summed E-state index contributed by atoms with van der Waals surface area (Å²) in [6, 6.07) is 14.6. The van der Waals surface area contributed by atoms with Gasteiger partial charge in [-0.2, -0.15) is 9.78 Å². The van der Waals surface area contributed by atoms with Gasteiger partial charge in [-0.1, -0.05) is 18.2 Å². The highest BCUT2D eigenvalue weighted by Gasteiger charge is 2.57. The van der Waals surface area contributed by atoms with Gasteiger partial charge in [-0.25, -0.2) is 19.3 Å². The second-order valence-corrected chi connectivity index (χ2v) is 12.2. The lowest BCUT2D eigenvalue weighted by atomic mass is 9.77. The highest BCUT2D eigenvalue weighted by Crippen LogP contribution is 2.45. The molecule has 4 fully saturated rings. The molecule has 0 bridgehead atoms. The van der Waals surface area contributed by atoms with Crippen LogP contribution in [0.25, 0.3) is 0 Å². The number of carbonyl (C=O) groups is 4.